The van der Waals surface area contributed by atoms with Crippen LogP contribution in [0.2, 0.25) is 0 Å². The first-order valence-corrected chi connectivity index (χ1v) is 14.9. The Labute approximate surface area is 199 Å². The van der Waals surface area contributed by atoms with E-state index in [4.69, 9.17) is 0 Å². The van der Waals surface area contributed by atoms with Crippen molar-refractivity contribution in [3.63, 3.8) is 0 Å². The van der Waals surface area contributed by atoms with Gasteiger partial charge in [0.2, 0.25) is 0 Å². The van der Waals surface area contributed by atoms with Gasteiger partial charge in [0.05, 0.1) is 27.2 Å². The molecule has 188 valence electrons. The highest BCUT2D eigenvalue weighted by Gasteiger charge is 2.13. The van der Waals surface area contributed by atoms with Crippen LogP contribution >= 0.6 is 0 Å². The Kier molecular flexibility index (Phi) is 24.6. The third-order valence-corrected chi connectivity index (χ3v) is 7.23. The fourth-order valence-electron chi connectivity index (χ4n) is 4.87. The van der Waals surface area contributed by atoms with Crippen LogP contribution in [0, 0.1) is 0 Å². The summed E-state index contributed by atoms with van der Waals surface area (Å²) in [4.78, 5) is 0. The summed E-state index contributed by atoms with van der Waals surface area (Å²) in [5.74, 6) is 0. The Morgan fingerprint density at radius 1 is 0.290 bits per heavy atom. The van der Waals surface area contributed by atoms with Gasteiger partial charge in [0.25, 0.3) is 0 Å². The van der Waals surface area contributed by atoms with E-state index in [0.29, 0.717) is 0 Å². The molecule has 0 spiro atoms. The molecule has 0 rings (SSSR count). The summed E-state index contributed by atoms with van der Waals surface area (Å²) in [5, 5.41) is 0. The average molecular weight is 439 g/mol. The van der Waals surface area contributed by atoms with Crippen molar-refractivity contribution in [2.75, 3.05) is 27.2 Å². The Morgan fingerprint density at radius 3 is 0.710 bits per heavy atom. The standard InChI is InChI=1S/C30H64N/c1-5-7-9-11-13-15-17-18-19-20-22-24-26-28-30-31(3,4)29-27-25-23-21-16-14-12-10-8-6-2/h5-30H2,1-4H3/q+1. The normalized spacial score (nSPS) is 12.0. The van der Waals surface area contributed by atoms with Gasteiger partial charge in [0.1, 0.15) is 0 Å². The van der Waals surface area contributed by atoms with Gasteiger partial charge in [-0.05, 0) is 25.7 Å². The van der Waals surface area contributed by atoms with Crippen molar-refractivity contribution in [3.05, 3.63) is 0 Å². The number of quaternary nitrogens is 1. The minimum atomic E-state index is 1.25. The zero-order chi connectivity index (χ0) is 22.9. The average Bonchev–Trinajstić information content (AvgIpc) is 2.75. The molecule has 0 bridgehead atoms. The molecule has 31 heavy (non-hydrogen) atoms. The molecule has 0 saturated carbocycles. The highest BCUT2D eigenvalue weighted by molar-refractivity contribution is 4.51. The SMILES string of the molecule is CCCCCCCCCCCCCCCC[N+](C)(C)CCCCCCCCCCCC. The highest BCUT2D eigenvalue weighted by atomic mass is 15.3. The van der Waals surface area contributed by atoms with Gasteiger partial charge < -0.3 is 4.48 Å². The Bertz CT molecular complexity index is 322. The van der Waals surface area contributed by atoms with Gasteiger partial charge in [-0.2, -0.15) is 0 Å². The van der Waals surface area contributed by atoms with E-state index < -0.39 is 0 Å². The molecule has 0 amide bonds. The summed E-state index contributed by atoms with van der Waals surface area (Å²) in [5.41, 5.74) is 0. The van der Waals surface area contributed by atoms with Crippen LogP contribution in [0.5, 0.6) is 0 Å². The topological polar surface area (TPSA) is 0 Å². The maximum absolute atomic E-state index is 2.45. The van der Waals surface area contributed by atoms with Crippen molar-refractivity contribution in [1.29, 1.82) is 0 Å². The maximum Gasteiger partial charge on any atom is 0.0782 e. The Morgan fingerprint density at radius 2 is 0.484 bits per heavy atom. The van der Waals surface area contributed by atoms with E-state index in [2.05, 4.69) is 27.9 Å². The van der Waals surface area contributed by atoms with E-state index in [1.165, 1.54) is 172 Å². The predicted molar refractivity (Wildman–Crippen MR) is 144 cm³/mol. The minimum Gasteiger partial charge on any atom is -0.328 e. The first-order chi connectivity index (χ1) is 15.1. The van der Waals surface area contributed by atoms with E-state index in [1.54, 1.807) is 0 Å². The smallest absolute Gasteiger partial charge is 0.0782 e. The first kappa shape index (κ1) is 31.0. The number of hydrogen-bond donors (Lipinski definition) is 0. The number of rotatable bonds is 26. The van der Waals surface area contributed by atoms with Crippen LogP contribution in [0.3, 0.4) is 0 Å². The van der Waals surface area contributed by atoms with E-state index in [0.717, 1.165) is 0 Å². The fourth-order valence-corrected chi connectivity index (χ4v) is 4.87. The molecule has 0 aliphatic rings. The van der Waals surface area contributed by atoms with Crippen molar-refractivity contribution in [2.24, 2.45) is 0 Å². The molecular formula is C30H64N+. The molecule has 0 aliphatic heterocycles. The quantitative estimate of drug-likeness (QED) is 0.0930. The minimum absolute atomic E-state index is 1.25. The van der Waals surface area contributed by atoms with Gasteiger partial charge in [-0.15, -0.1) is 0 Å². The lowest BCUT2D eigenvalue weighted by Gasteiger charge is -2.30. The van der Waals surface area contributed by atoms with Crippen LogP contribution in [0.1, 0.15) is 168 Å². The molecule has 0 saturated heterocycles. The van der Waals surface area contributed by atoms with E-state index in [-0.39, 0.29) is 0 Å². The molecule has 0 fully saturated rings. The monoisotopic (exact) mass is 439 g/mol. The van der Waals surface area contributed by atoms with Crippen molar-refractivity contribution in [1.82, 2.24) is 0 Å². The fraction of sp³-hybridized carbons (Fsp3) is 1.00. The van der Waals surface area contributed by atoms with E-state index in [9.17, 15) is 0 Å². The summed E-state index contributed by atoms with van der Waals surface area (Å²) in [6, 6.07) is 0. The van der Waals surface area contributed by atoms with Gasteiger partial charge in [-0.1, -0.05) is 142 Å². The van der Waals surface area contributed by atoms with Crippen molar-refractivity contribution in [2.45, 2.75) is 168 Å². The number of hydrogen-bond acceptors (Lipinski definition) is 0. The number of nitrogens with zero attached hydrogens (tertiary/aromatic N) is 1. The molecule has 0 aliphatic carbocycles. The van der Waals surface area contributed by atoms with Crippen LogP contribution in [0.25, 0.3) is 0 Å². The molecular weight excluding hydrogens is 374 g/mol. The molecule has 1 nitrogen and oxygen atoms in total. The van der Waals surface area contributed by atoms with E-state index in [1.807, 2.05) is 0 Å². The van der Waals surface area contributed by atoms with E-state index >= 15 is 0 Å². The number of unbranched alkanes of at least 4 members (excludes halogenated alkanes) is 22. The molecule has 0 atom stereocenters. The third-order valence-electron chi connectivity index (χ3n) is 7.23. The summed E-state index contributed by atoms with van der Waals surface area (Å²) in [6.07, 6.45) is 35.0. The summed E-state index contributed by atoms with van der Waals surface area (Å²) < 4.78 is 1.25. The first-order valence-electron chi connectivity index (χ1n) is 14.9. The molecule has 0 unspecified atom stereocenters. The molecule has 0 aromatic rings. The largest absolute Gasteiger partial charge is 0.328 e. The zero-order valence-electron chi connectivity index (χ0n) is 22.8. The van der Waals surface area contributed by atoms with Gasteiger partial charge in [-0.25, -0.2) is 0 Å². The van der Waals surface area contributed by atoms with Gasteiger partial charge in [0, 0.05) is 0 Å². The predicted octanol–water partition coefficient (Wildman–Crippen LogP) is 10.5. The van der Waals surface area contributed by atoms with Crippen LogP contribution in [0.4, 0.5) is 0 Å². The van der Waals surface area contributed by atoms with Gasteiger partial charge in [-0.3, -0.25) is 0 Å². The highest BCUT2D eigenvalue weighted by Crippen LogP contribution is 2.15. The lowest BCUT2D eigenvalue weighted by atomic mass is 10.0. The van der Waals surface area contributed by atoms with Crippen molar-refractivity contribution in [3.8, 4) is 0 Å². The zero-order valence-corrected chi connectivity index (χ0v) is 22.8. The van der Waals surface area contributed by atoms with Crippen LogP contribution < -0.4 is 0 Å². The molecule has 0 radical (unpaired) electrons. The lowest BCUT2D eigenvalue weighted by molar-refractivity contribution is -0.890. The second-order valence-electron chi connectivity index (χ2n) is 11.2. The summed E-state index contributed by atoms with van der Waals surface area (Å²) in [6.45, 7) is 7.38. The van der Waals surface area contributed by atoms with Crippen LogP contribution in [0.15, 0.2) is 0 Å². The summed E-state index contributed by atoms with van der Waals surface area (Å²) in [7, 11) is 4.91. The van der Waals surface area contributed by atoms with Crippen LogP contribution in [-0.4, -0.2) is 31.7 Å². The van der Waals surface area contributed by atoms with Crippen LogP contribution in [-0.2, 0) is 0 Å². The molecule has 1 heteroatoms. The molecule has 0 aromatic heterocycles. The lowest BCUT2D eigenvalue weighted by Crippen LogP contribution is -2.41. The molecule has 0 N–H and O–H groups in total. The molecule has 0 heterocycles. The van der Waals surface area contributed by atoms with Crippen molar-refractivity contribution < 1.29 is 4.48 Å². The van der Waals surface area contributed by atoms with Gasteiger partial charge in [0.15, 0.2) is 0 Å². The van der Waals surface area contributed by atoms with Gasteiger partial charge >= 0.3 is 0 Å². The van der Waals surface area contributed by atoms with Crippen molar-refractivity contribution >= 4 is 0 Å². The Balaban J connectivity index is 3.28. The third kappa shape index (κ3) is 26.1. The second-order valence-corrected chi connectivity index (χ2v) is 11.2. The Hall–Kier alpha value is -0.0400. The summed E-state index contributed by atoms with van der Waals surface area (Å²) >= 11 is 0. The molecule has 0 aromatic carbocycles. The second kappa shape index (κ2) is 24.6. The maximum atomic E-state index is 2.45.